The van der Waals surface area contributed by atoms with Crippen LogP contribution in [0.15, 0.2) is 0 Å². The van der Waals surface area contributed by atoms with E-state index >= 15 is 0 Å². The van der Waals surface area contributed by atoms with Gasteiger partial charge in [0.05, 0.1) is 0 Å². The average molecular weight is 255 g/mol. The van der Waals surface area contributed by atoms with E-state index in [2.05, 4.69) is 10.6 Å². The first-order valence-corrected chi connectivity index (χ1v) is 6.87. The summed E-state index contributed by atoms with van der Waals surface area (Å²) >= 11 is 0. The first-order chi connectivity index (χ1) is 8.58. The topological polar surface area (TPSA) is 84.2 Å². The number of nitrogens with one attached hydrogen (secondary N) is 2. The smallest absolute Gasteiger partial charge is 0.221 e. The standard InChI is InChI=1S/C13H25N3O2/c1-10(14)8-12(17)15-6-7-16-13(18)9-11-4-2-3-5-11/h10-11H,2-9,14H2,1H3,(H,15,17)(H,16,18). The second kappa shape index (κ2) is 8.08. The van der Waals surface area contributed by atoms with Crippen LogP contribution in [-0.4, -0.2) is 30.9 Å². The Kier molecular flexibility index (Phi) is 6.72. The SMILES string of the molecule is CC(N)CC(=O)NCCNC(=O)CC1CCCC1. The molecule has 0 aromatic heterocycles. The molecule has 104 valence electrons. The summed E-state index contributed by atoms with van der Waals surface area (Å²) in [6.45, 7) is 2.77. The summed E-state index contributed by atoms with van der Waals surface area (Å²) in [5.41, 5.74) is 5.51. The van der Waals surface area contributed by atoms with E-state index in [1.54, 1.807) is 6.92 Å². The van der Waals surface area contributed by atoms with Gasteiger partial charge in [0.15, 0.2) is 0 Å². The molecule has 4 N–H and O–H groups in total. The summed E-state index contributed by atoms with van der Waals surface area (Å²) < 4.78 is 0. The molecule has 5 heteroatoms. The minimum Gasteiger partial charge on any atom is -0.354 e. The van der Waals surface area contributed by atoms with Crippen molar-refractivity contribution in [3.63, 3.8) is 0 Å². The second-order valence-corrected chi connectivity index (χ2v) is 5.24. The Balaban J connectivity index is 1.99. The van der Waals surface area contributed by atoms with Crippen LogP contribution in [-0.2, 0) is 9.59 Å². The van der Waals surface area contributed by atoms with E-state index in [0.29, 0.717) is 31.8 Å². The summed E-state index contributed by atoms with van der Waals surface area (Å²) in [5.74, 6) is 0.607. The highest BCUT2D eigenvalue weighted by Crippen LogP contribution is 2.27. The molecule has 1 rings (SSSR count). The van der Waals surface area contributed by atoms with Crippen LogP contribution in [0.2, 0.25) is 0 Å². The first kappa shape index (κ1) is 15.0. The summed E-state index contributed by atoms with van der Waals surface area (Å²) in [6.07, 6.45) is 5.83. The Hall–Kier alpha value is -1.10. The number of hydrogen-bond donors (Lipinski definition) is 3. The lowest BCUT2D eigenvalue weighted by Gasteiger charge is -2.10. The Morgan fingerprint density at radius 1 is 1.17 bits per heavy atom. The fraction of sp³-hybridized carbons (Fsp3) is 0.846. The van der Waals surface area contributed by atoms with E-state index in [0.717, 1.165) is 0 Å². The van der Waals surface area contributed by atoms with Gasteiger partial charge in [0, 0.05) is 32.0 Å². The van der Waals surface area contributed by atoms with Crippen molar-refractivity contribution in [3.05, 3.63) is 0 Å². The summed E-state index contributed by atoms with van der Waals surface area (Å²) in [5, 5.41) is 5.56. The quantitative estimate of drug-likeness (QED) is 0.580. The maximum absolute atomic E-state index is 11.6. The minimum atomic E-state index is -0.123. The van der Waals surface area contributed by atoms with Crippen LogP contribution in [0.1, 0.15) is 45.4 Å². The van der Waals surface area contributed by atoms with Crippen molar-refractivity contribution >= 4 is 11.8 Å². The summed E-state index contributed by atoms with van der Waals surface area (Å²) in [7, 11) is 0. The molecule has 1 aliphatic rings. The van der Waals surface area contributed by atoms with E-state index in [1.807, 2.05) is 0 Å². The van der Waals surface area contributed by atoms with Gasteiger partial charge in [0.1, 0.15) is 0 Å². The molecule has 5 nitrogen and oxygen atoms in total. The van der Waals surface area contributed by atoms with Crippen molar-refractivity contribution < 1.29 is 9.59 Å². The zero-order valence-corrected chi connectivity index (χ0v) is 11.2. The molecule has 0 bridgehead atoms. The average Bonchev–Trinajstić information content (AvgIpc) is 2.76. The molecule has 0 aliphatic heterocycles. The van der Waals surface area contributed by atoms with E-state index in [4.69, 9.17) is 5.73 Å². The molecule has 0 spiro atoms. The van der Waals surface area contributed by atoms with Crippen molar-refractivity contribution in [1.82, 2.24) is 10.6 Å². The first-order valence-electron chi connectivity index (χ1n) is 6.87. The Labute approximate surface area is 109 Å². The number of carbonyl (C=O) groups excluding carboxylic acids is 2. The van der Waals surface area contributed by atoms with E-state index in [9.17, 15) is 9.59 Å². The van der Waals surface area contributed by atoms with Gasteiger partial charge >= 0.3 is 0 Å². The maximum Gasteiger partial charge on any atom is 0.221 e. The lowest BCUT2D eigenvalue weighted by atomic mass is 10.0. The van der Waals surface area contributed by atoms with Gasteiger partial charge in [-0.2, -0.15) is 0 Å². The van der Waals surface area contributed by atoms with E-state index < -0.39 is 0 Å². The molecular formula is C13H25N3O2. The fourth-order valence-corrected chi connectivity index (χ4v) is 2.32. The van der Waals surface area contributed by atoms with Gasteiger partial charge in [-0.15, -0.1) is 0 Å². The molecule has 1 unspecified atom stereocenters. The molecule has 0 aromatic carbocycles. The van der Waals surface area contributed by atoms with Gasteiger partial charge in [0.25, 0.3) is 0 Å². The summed E-state index contributed by atoms with van der Waals surface area (Å²) in [4.78, 5) is 22.9. The summed E-state index contributed by atoms with van der Waals surface area (Å²) in [6, 6.07) is -0.123. The minimum absolute atomic E-state index is 0.0601. The van der Waals surface area contributed by atoms with Crippen LogP contribution in [0, 0.1) is 5.92 Å². The molecule has 0 radical (unpaired) electrons. The molecule has 0 aromatic rings. The number of carbonyl (C=O) groups is 2. The highest BCUT2D eigenvalue weighted by Gasteiger charge is 2.17. The molecule has 0 saturated heterocycles. The van der Waals surface area contributed by atoms with Crippen LogP contribution >= 0.6 is 0 Å². The largest absolute Gasteiger partial charge is 0.354 e. The van der Waals surface area contributed by atoms with Gasteiger partial charge in [-0.1, -0.05) is 12.8 Å². The zero-order valence-electron chi connectivity index (χ0n) is 11.2. The lowest BCUT2D eigenvalue weighted by Crippen LogP contribution is -2.36. The highest BCUT2D eigenvalue weighted by molar-refractivity contribution is 5.77. The number of hydrogen-bond acceptors (Lipinski definition) is 3. The number of nitrogens with two attached hydrogens (primary N) is 1. The fourth-order valence-electron chi connectivity index (χ4n) is 2.32. The number of amides is 2. The zero-order chi connectivity index (χ0) is 13.4. The predicted octanol–water partition coefficient (Wildman–Crippen LogP) is 0.536. The maximum atomic E-state index is 11.6. The monoisotopic (exact) mass is 255 g/mol. The molecule has 18 heavy (non-hydrogen) atoms. The molecular weight excluding hydrogens is 230 g/mol. The van der Waals surface area contributed by atoms with Crippen molar-refractivity contribution in [2.24, 2.45) is 11.7 Å². The molecule has 1 atom stereocenters. The van der Waals surface area contributed by atoms with Crippen LogP contribution in [0.5, 0.6) is 0 Å². The Bertz CT molecular complexity index is 273. The molecule has 1 saturated carbocycles. The predicted molar refractivity (Wildman–Crippen MR) is 70.9 cm³/mol. The third kappa shape index (κ3) is 6.59. The van der Waals surface area contributed by atoms with Gasteiger partial charge < -0.3 is 16.4 Å². The van der Waals surface area contributed by atoms with Crippen molar-refractivity contribution in [2.45, 2.75) is 51.5 Å². The highest BCUT2D eigenvalue weighted by atomic mass is 16.2. The van der Waals surface area contributed by atoms with Crippen molar-refractivity contribution in [3.8, 4) is 0 Å². The van der Waals surface area contributed by atoms with Crippen LogP contribution in [0.3, 0.4) is 0 Å². The Morgan fingerprint density at radius 2 is 1.72 bits per heavy atom. The third-order valence-electron chi connectivity index (χ3n) is 3.23. The van der Waals surface area contributed by atoms with Crippen LogP contribution in [0.4, 0.5) is 0 Å². The van der Waals surface area contributed by atoms with Crippen molar-refractivity contribution in [1.29, 1.82) is 0 Å². The van der Waals surface area contributed by atoms with Gasteiger partial charge in [-0.3, -0.25) is 9.59 Å². The van der Waals surface area contributed by atoms with Gasteiger partial charge in [-0.05, 0) is 25.7 Å². The normalized spacial score (nSPS) is 17.4. The Morgan fingerprint density at radius 3 is 2.28 bits per heavy atom. The second-order valence-electron chi connectivity index (χ2n) is 5.24. The van der Waals surface area contributed by atoms with Gasteiger partial charge in [-0.25, -0.2) is 0 Å². The van der Waals surface area contributed by atoms with Gasteiger partial charge in [0.2, 0.25) is 11.8 Å². The molecule has 2 amide bonds. The van der Waals surface area contributed by atoms with E-state index in [-0.39, 0.29) is 17.9 Å². The molecule has 1 aliphatic carbocycles. The number of rotatable bonds is 7. The molecule has 0 heterocycles. The molecule has 1 fully saturated rings. The van der Waals surface area contributed by atoms with E-state index in [1.165, 1.54) is 25.7 Å². The lowest BCUT2D eigenvalue weighted by molar-refractivity contribution is -0.123. The van der Waals surface area contributed by atoms with Crippen LogP contribution < -0.4 is 16.4 Å². The third-order valence-corrected chi connectivity index (χ3v) is 3.23. The van der Waals surface area contributed by atoms with Crippen molar-refractivity contribution in [2.75, 3.05) is 13.1 Å². The van der Waals surface area contributed by atoms with Crippen LogP contribution in [0.25, 0.3) is 0 Å².